The third kappa shape index (κ3) is 2.15. The maximum Gasteiger partial charge on any atom is 0.0389 e. The van der Waals surface area contributed by atoms with Crippen LogP contribution in [0.5, 0.6) is 0 Å². The van der Waals surface area contributed by atoms with Gasteiger partial charge in [0.15, 0.2) is 0 Å². The Labute approximate surface area is 120 Å². The summed E-state index contributed by atoms with van der Waals surface area (Å²) in [4.78, 5) is 2.92. The van der Waals surface area contributed by atoms with E-state index < -0.39 is 0 Å². The number of thiophene rings is 1. The maximum atomic E-state index is 3.53. The van der Waals surface area contributed by atoms with Crippen LogP contribution in [0, 0.1) is 6.92 Å². The monoisotopic (exact) mass is 321 g/mol. The molecule has 1 unspecified atom stereocenters. The quantitative estimate of drug-likeness (QED) is 0.803. The van der Waals surface area contributed by atoms with Gasteiger partial charge in [-0.15, -0.1) is 11.3 Å². The largest absolute Gasteiger partial charge is 0.309 e. The minimum Gasteiger partial charge on any atom is -0.309 e. The van der Waals surface area contributed by atoms with Gasteiger partial charge in [-0.05, 0) is 61.7 Å². The Balaban J connectivity index is 2.07. The summed E-state index contributed by atoms with van der Waals surface area (Å²) in [5, 5.41) is 3.53. The highest BCUT2D eigenvalue weighted by atomic mass is 79.9. The molecular formula is C15H16BrNS. The molecule has 1 atom stereocenters. The lowest BCUT2D eigenvalue weighted by Gasteiger charge is -2.19. The van der Waals surface area contributed by atoms with Crippen LogP contribution in [0.15, 0.2) is 28.7 Å². The highest BCUT2D eigenvalue weighted by molar-refractivity contribution is 9.10. The average molecular weight is 322 g/mol. The van der Waals surface area contributed by atoms with E-state index in [0.29, 0.717) is 6.04 Å². The first-order chi connectivity index (χ1) is 8.65. The van der Waals surface area contributed by atoms with Crippen molar-refractivity contribution in [3.63, 3.8) is 0 Å². The van der Waals surface area contributed by atoms with Crippen LogP contribution >= 0.6 is 27.3 Å². The number of hydrogen-bond donors (Lipinski definition) is 1. The topological polar surface area (TPSA) is 12.0 Å². The fourth-order valence-electron chi connectivity index (χ4n) is 2.56. The summed E-state index contributed by atoms with van der Waals surface area (Å²) in [6.45, 7) is 5.54. The predicted molar refractivity (Wildman–Crippen MR) is 82.3 cm³/mol. The zero-order valence-corrected chi connectivity index (χ0v) is 13.0. The fourth-order valence-corrected chi connectivity index (χ4v) is 4.36. The Kier molecular flexibility index (Phi) is 3.31. The number of aryl methyl sites for hydroxylation is 1. The van der Waals surface area contributed by atoms with Crippen molar-refractivity contribution >= 4 is 27.3 Å². The van der Waals surface area contributed by atoms with Crippen LogP contribution in [0.25, 0.3) is 10.4 Å². The second-order valence-corrected chi connectivity index (χ2v) is 6.88. The number of benzene rings is 1. The van der Waals surface area contributed by atoms with Crippen molar-refractivity contribution in [2.45, 2.75) is 26.3 Å². The molecular weight excluding hydrogens is 306 g/mol. The van der Waals surface area contributed by atoms with Crippen LogP contribution in [0.2, 0.25) is 0 Å². The van der Waals surface area contributed by atoms with Gasteiger partial charge in [0.05, 0.1) is 0 Å². The number of fused-ring (bicyclic) bond motifs is 1. The fraction of sp³-hybridized carbons (Fsp3) is 0.333. The molecule has 2 aromatic rings. The second kappa shape index (κ2) is 4.80. The third-order valence-electron chi connectivity index (χ3n) is 3.53. The molecule has 1 nitrogen and oxygen atoms in total. The Hall–Kier alpha value is -0.640. The van der Waals surface area contributed by atoms with E-state index in [-0.39, 0.29) is 0 Å². The van der Waals surface area contributed by atoms with Gasteiger partial charge < -0.3 is 5.32 Å². The summed E-state index contributed by atoms with van der Waals surface area (Å²) in [7, 11) is 0. The van der Waals surface area contributed by atoms with Gasteiger partial charge in [-0.25, -0.2) is 0 Å². The van der Waals surface area contributed by atoms with Crippen molar-refractivity contribution in [1.29, 1.82) is 0 Å². The number of halogens is 1. The molecule has 0 saturated carbocycles. The highest BCUT2D eigenvalue weighted by Crippen LogP contribution is 2.38. The first kappa shape index (κ1) is 12.4. The van der Waals surface area contributed by atoms with Crippen molar-refractivity contribution in [3.05, 3.63) is 44.7 Å². The molecule has 1 aromatic carbocycles. The van der Waals surface area contributed by atoms with E-state index in [0.717, 1.165) is 17.4 Å². The van der Waals surface area contributed by atoms with Crippen molar-refractivity contribution in [2.24, 2.45) is 0 Å². The van der Waals surface area contributed by atoms with E-state index in [1.807, 2.05) is 11.3 Å². The molecule has 0 fully saturated rings. The Morgan fingerprint density at radius 1 is 1.33 bits per heavy atom. The van der Waals surface area contributed by atoms with Crippen LogP contribution in [-0.2, 0) is 6.42 Å². The molecule has 1 N–H and O–H groups in total. The van der Waals surface area contributed by atoms with E-state index in [2.05, 4.69) is 59.4 Å². The molecule has 3 rings (SSSR count). The van der Waals surface area contributed by atoms with Crippen molar-refractivity contribution < 1.29 is 0 Å². The van der Waals surface area contributed by atoms with E-state index in [1.54, 1.807) is 0 Å². The lowest BCUT2D eigenvalue weighted by Crippen LogP contribution is -2.26. The summed E-state index contributed by atoms with van der Waals surface area (Å²) in [5.41, 5.74) is 4.23. The summed E-state index contributed by atoms with van der Waals surface area (Å²) < 4.78 is 1.15. The summed E-state index contributed by atoms with van der Waals surface area (Å²) in [6.07, 6.45) is 1.16. The van der Waals surface area contributed by atoms with Gasteiger partial charge in [0, 0.05) is 20.3 Å². The first-order valence-corrected chi connectivity index (χ1v) is 7.88. The Bertz CT molecular complexity index is 588. The molecule has 0 radical (unpaired) electrons. The second-order valence-electron chi connectivity index (χ2n) is 4.89. The molecule has 18 heavy (non-hydrogen) atoms. The molecule has 3 heteroatoms. The minimum absolute atomic E-state index is 0.503. The van der Waals surface area contributed by atoms with Gasteiger partial charge >= 0.3 is 0 Å². The van der Waals surface area contributed by atoms with Gasteiger partial charge in [-0.1, -0.05) is 22.0 Å². The first-order valence-electron chi connectivity index (χ1n) is 6.27. The van der Waals surface area contributed by atoms with Crippen LogP contribution in [0.3, 0.4) is 0 Å². The van der Waals surface area contributed by atoms with Crippen molar-refractivity contribution in [1.82, 2.24) is 5.32 Å². The van der Waals surface area contributed by atoms with Gasteiger partial charge in [-0.2, -0.15) is 0 Å². The van der Waals surface area contributed by atoms with Gasteiger partial charge in [-0.3, -0.25) is 0 Å². The molecule has 2 heterocycles. The number of hydrogen-bond acceptors (Lipinski definition) is 2. The Morgan fingerprint density at radius 3 is 2.89 bits per heavy atom. The van der Waals surface area contributed by atoms with E-state index in [4.69, 9.17) is 0 Å². The predicted octanol–water partition coefficient (Wildman–Crippen LogP) is 4.69. The highest BCUT2D eigenvalue weighted by Gasteiger charge is 2.20. The van der Waals surface area contributed by atoms with Crippen molar-refractivity contribution in [2.75, 3.05) is 6.54 Å². The summed E-state index contributed by atoms with van der Waals surface area (Å²) in [5.74, 6) is 0. The van der Waals surface area contributed by atoms with Crippen molar-refractivity contribution in [3.8, 4) is 10.4 Å². The molecule has 1 aliphatic rings. The standard InChI is InChI=1S/C15H16BrNS/c1-9-7-12(16)3-4-13(9)14-8-11-5-6-17-10(2)15(11)18-14/h3-4,7-8,10,17H,5-6H2,1-2H3. The van der Waals surface area contributed by atoms with E-state index in [9.17, 15) is 0 Å². The van der Waals surface area contributed by atoms with Crippen LogP contribution in [-0.4, -0.2) is 6.54 Å². The molecule has 94 valence electrons. The molecule has 0 aliphatic carbocycles. The molecule has 1 aliphatic heterocycles. The molecule has 0 spiro atoms. The Morgan fingerprint density at radius 2 is 2.17 bits per heavy atom. The van der Waals surface area contributed by atoms with Crippen LogP contribution in [0.4, 0.5) is 0 Å². The summed E-state index contributed by atoms with van der Waals surface area (Å²) in [6, 6.07) is 9.42. The lowest BCUT2D eigenvalue weighted by molar-refractivity contribution is 0.551. The molecule has 1 aromatic heterocycles. The SMILES string of the molecule is Cc1cc(Br)ccc1-c1cc2c(s1)C(C)NCC2. The third-order valence-corrected chi connectivity index (χ3v) is 5.42. The van der Waals surface area contributed by atoms with Gasteiger partial charge in [0.2, 0.25) is 0 Å². The van der Waals surface area contributed by atoms with E-state index in [1.165, 1.54) is 26.4 Å². The number of nitrogens with one attached hydrogen (secondary N) is 1. The summed E-state index contributed by atoms with van der Waals surface area (Å²) >= 11 is 5.47. The lowest BCUT2D eigenvalue weighted by atomic mass is 10.0. The molecule has 0 amide bonds. The normalized spacial score (nSPS) is 18.7. The smallest absolute Gasteiger partial charge is 0.0389 e. The number of rotatable bonds is 1. The zero-order valence-electron chi connectivity index (χ0n) is 10.6. The van der Waals surface area contributed by atoms with Crippen LogP contribution in [0.1, 0.15) is 29.0 Å². The average Bonchev–Trinajstić information content (AvgIpc) is 2.74. The maximum absolute atomic E-state index is 3.53. The zero-order chi connectivity index (χ0) is 12.7. The van der Waals surface area contributed by atoms with E-state index >= 15 is 0 Å². The van der Waals surface area contributed by atoms with Gasteiger partial charge in [0.1, 0.15) is 0 Å². The minimum atomic E-state index is 0.503. The van der Waals surface area contributed by atoms with Gasteiger partial charge in [0.25, 0.3) is 0 Å². The molecule has 0 saturated heterocycles. The molecule has 0 bridgehead atoms. The van der Waals surface area contributed by atoms with Crippen LogP contribution < -0.4 is 5.32 Å².